The number of nitrogens with zero attached hydrogens (tertiary/aromatic N) is 1. The number of benzene rings is 1. The van der Waals surface area contributed by atoms with Crippen molar-refractivity contribution >= 4 is 37.8 Å². The molecule has 1 aromatic carbocycles. The van der Waals surface area contributed by atoms with Gasteiger partial charge in [0, 0.05) is 20.6 Å². The van der Waals surface area contributed by atoms with Crippen molar-refractivity contribution in [3.05, 3.63) is 32.7 Å². The van der Waals surface area contributed by atoms with Crippen LogP contribution >= 0.6 is 31.9 Å². The third-order valence-corrected chi connectivity index (χ3v) is 2.82. The smallest absolute Gasteiger partial charge is 0.251 e. The number of carbonyl (C=O) groups excluding carboxylic acids is 1. The van der Waals surface area contributed by atoms with Crippen molar-refractivity contribution in [1.82, 2.24) is 5.32 Å². The molecular weight excluding hydrogens is 336 g/mol. The number of hydrogen-bond acceptors (Lipinski definition) is 2. The third kappa shape index (κ3) is 3.95. The van der Waals surface area contributed by atoms with E-state index in [0.717, 1.165) is 8.95 Å². The highest BCUT2D eigenvalue weighted by molar-refractivity contribution is 9.11. The summed E-state index contributed by atoms with van der Waals surface area (Å²) in [5, 5.41) is 11.2. The number of halogens is 2. The van der Waals surface area contributed by atoms with Gasteiger partial charge in [-0.2, -0.15) is 5.26 Å². The van der Waals surface area contributed by atoms with Crippen LogP contribution in [0.25, 0.3) is 0 Å². The molecule has 3 nitrogen and oxygen atoms in total. The summed E-state index contributed by atoms with van der Waals surface area (Å²) in [5.74, 6) is -0.176. The maximum Gasteiger partial charge on any atom is 0.251 e. The van der Waals surface area contributed by atoms with Crippen molar-refractivity contribution in [2.45, 2.75) is 19.4 Å². The first kappa shape index (κ1) is 13.2. The fourth-order valence-corrected chi connectivity index (χ4v) is 2.47. The van der Waals surface area contributed by atoms with E-state index in [1.165, 1.54) is 0 Å². The average Bonchev–Trinajstić information content (AvgIpc) is 2.16. The van der Waals surface area contributed by atoms with Gasteiger partial charge in [0.25, 0.3) is 5.91 Å². The van der Waals surface area contributed by atoms with Crippen molar-refractivity contribution in [2.24, 2.45) is 0 Å². The molecule has 1 amide bonds. The van der Waals surface area contributed by atoms with E-state index in [9.17, 15) is 4.79 Å². The second-order valence-electron chi connectivity index (χ2n) is 3.39. The van der Waals surface area contributed by atoms with Crippen LogP contribution in [0.5, 0.6) is 0 Å². The summed E-state index contributed by atoms with van der Waals surface area (Å²) in [7, 11) is 0. The molecule has 0 aromatic heterocycles. The molecule has 0 aliphatic rings. The van der Waals surface area contributed by atoms with E-state index >= 15 is 0 Å². The van der Waals surface area contributed by atoms with Crippen molar-refractivity contribution in [3.63, 3.8) is 0 Å². The summed E-state index contributed by atoms with van der Waals surface area (Å²) < 4.78 is 1.67. The van der Waals surface area contributed by atoms with Crippen LogP contribution in [0.3, 0.4) is 0 Å². The molecule has 1 N–H and O–H groups in total. The summed E-state index contributed by atoms with van der Waals surface area (Å²) >= 11 is 6.63. The summed E-state index contributed by atoms with van der Waals surface area (Å²) in [5.41, 5.74) is 0.561. The van der Waals surface area contributed by atoms with Gasteiger partial charge in [-0.05, 0) is 25.1 Å². The fourth-order valence-electron chi connectivity index (χ4n) is 1.18. The van der Waals surface area contributed by atoms with E-state index in [-0.39, 0.29) is 11.9 Å². The van der Waals surface area contributed by atoms with E-state index in [1.807, 2.05) is 12.1 Å². The molecule has 0 bridgehead atoms. The Labute approximate surface area is 111 Å². The standard InChI is InChI=1S/C11H10Br2N2O/c1-7(2-3-14)15-11(16)8-4-9(12)6-10(13)5-8/h4-7H,2H2,1H3,(H,15,16). The Bertz CT molecular complexity index is 420. The number of nitriles is 1. The van der Waals surface area contributed by atoms with Crippen molar-refractivity contribution in [3.8, 4) is 6.07 Å². The van der Waals surface area contributed by atoms with Gasteiger partial charge < -0.3 is 5.32 Å². The van der Waals surface area contributed by atoms with E-state index in [2.05, 4.69) is 37.2 Å². The van der Waals surface area contributed by atoms with Gasteiger partial charge in [-0.3, -0.25) is 4.79 Å². The molecule has 0 saturated heterocycles. The van der Waals surface area contributed by atoms with E-state index in [4.69, 9.17) is 5.26 Å². The van der Waals surface area contributed by atoms with Gasteiger partial charge in [-0.1, -0.05) is 31.9 Å². The molecule has 1 rings (SSSR count). The van der Waals surface area contributed by atoms with Gasteiger partial charge in [-0.25, -0.2) is 0 Å². The molecule has 0 saturated carbocycles. The van der Waals surface area contributed by atoms with Crippen LogP contribution in [0.2, 0.25) is 0 Å². The van der Waals surface area contributed by atoms with Crippen molar-refractivity contribution in [2.75, 3.05) is 0 Å². The molecule has 1 atom stereocenters. The first-order valence-corrected chi connectivity index (χ1v) is 6.25. The summed E-state index contributed by atoms with van der Waals surface area (Å²) in [6.07, 6.45) is 0.306. The second kappa shape index (κ2) is 6.02. The highest BCUT2D eigenvalue weighted by Crippen LogP contribution is 2.20. The zero-order chi connectivity index (χ0) is 12.1. The highest BCUT2D eigenvalue weighted by Gasteiger charge is 2.10. The predicted octanol–water partition coefficient (Wildman–Crippen LogP) is 3.24. The summed E-state index contributed by atoms with van der Waals surface area (Å²) in [6.45, 7) is 1.80. The first-order valence-electron chi connectivity index (χ1n) is 4.67. The van der Waals surface area contributed by atoms with E-state index in [1.54, 1.807) is 19.1 Å². The minimum absolute atomic E-state index is 0.143. The van der Waals surface area contributed by atoms with Gasteiger partial charge in [0.15, 0.2) is 0 Å². The lowest BCUT2D eigenvalue weighted by atomic mass is 10.2. The number of carbonyl (C=O) groups is 1. The second-order valence-corrected chi connectivity index (χ2v) is 5.23. The molecule has 5 heteroatoms. The lowest BCUT2D eigenvalue weighted by molar-refractivity contribution is 0.0940. The highest BCUT2D eigenvalue weighted by atomic mass is 79.9. The molecule has 0 heterocycles. The number of amides is 1. The van der Waals surface area contributed by atoms with Crippen LogP contribution in [0.1, 0.15) is 23.7 Å². The topological polar surface area (TPSA) is 52.9 Å². The Morgan fingerprint density at radius 3 is 2.50 bits per heavy atom. The van der Waals surface area contributed by atoms with Gasteiger partial charge in [0.1, 0.15) is 0 Å². The molecule has 0 aliphatic carbocycles. The maximum absolute atomic E-state index is 11.8. The lowest BCUT2D eigenvalue weighted by Gasteiger charge is -2.10. The minimum atomic E-state index is -0.176. The molecule has 1 unspecified atom stereocenters. The average molecular weight is 346 g/mol. The van der Waals surface area contributed by atoms with Gasteiger partial charge >= 0.3 is 0 Å². The normalized spacial score (nSPS) is 11.6. The van der Waals surface area contributed by atoms with E-state index in [0.29, 0.717) is 12.0 Å². The van der Waals surface area contributed by atoms with Gasteiger partial charge in [0.05, 0.1) is 12.5 Å². The zero-order valence-electron chi connectivity index (χ0n) is 8.63. The van der Waals surface area contributed by atoms with Gasteiger partial charge in [-0.15, -0.1) is 0 Å². The first-order chi connectivity index (χ1) is 7.52. The molecular formula is C11H10Br2N2O. The quantitative estimate of drug-likeness (QED) is 0.914. The SMILES string of the molecule is CC(CC#N)NC(=O)c1cc(Br)cc(Br)c1. The van der Waals surface area contributed by atoms with Crippen LogP contribution in [0.15, 0.2) is 27.1 Å². The number of hydrogen-bond donors (Lipinski definition) is 1. The zero-order valence-corrected chi connectivity index (χ0v) is 11.8. The molecule has 16 heavy (non-hydrogen) atoms. The maximum atomic E-state index is 11.8. The van der Waals surface area contributed by atoms with Crippen LogP contribution in [-0.4, -0.2) is 11.9 Å². The van der Waals surface area contributed by atoms with Crippen LogP contribution in [0, 0.1) is 11.3 Å². The monoisotopic (exact) mass is 344 g/mol. The van der Waals surface area contributed by atoms with Crippen LogP contribution in [0.4, 0.5) is 0 Å². The van der Waals surface area contributed by atoms with E-state index < -0.39 is 0 Å². The predicted molar refractivity (Wildman–Crippen MR) is 69.0 cm³/mol. The minimum Gasteiger partial charge on any atom is -0.349 e. The number of rotatable bonds is 3. The van der Waals surface area contributed by atoms with Crippen LogP contribution < -0.4 is 5.32 Å². The Balaban J connectivity index is 2.77. The Hall–Kier alpha value is -0.860. The Morgan fingerprint density at radius 2 is 2.00 bits per heavy atom. The van der Waals surface area contributed by atoms with Gasteiger partial charge in [0.2, 0.25) is 0 Å². The molecule has 1 aromatic rings. The Kier molecular flexibility index (Phi) is 4.97. The summed E-state index contributed by atoms with van der Waals surface area (Å²) in [6, 6.07) is 7.20. The molecule has 0 spiro atoms. The largest absolute Gasteiger partial charge is 0.349 e. The third-order valence-electron chi connectivity index (χ3n) is 1.90. The Morgan fingerprint density at radius 1 is 1.44 bits per heavy atom. The fraction of sp³-hybridized carbons (Fsp3) is 0.273. The molecule has 0 fully saturated rings. The summed E-state index contributed by atoms with van der Waals surface area (Å²) in [4.78, 5) is 11.8. The lowest BCUT2D eigenvalue weighted by Crippen LogP contribution is -2.32. The van der Waals surface area contributed by atoms with Crippen molar-refractivity contribution < 1.29 is 4.79 Å². The van der Waals surface area contributed by atoms with Crippen molar-refractivity contribution in [1.29, 1.82) is 5.26 Å². The molecule has 0 radical (unpaired) electrons. The van der Waals surface area contributed by atoms with Crippen LogP contribution in [-0.2, 0) is 0 Å². The number of nitrogens with one attached hydrogen (secondary N) is 1. The molecule has 0 aliphatic heterocycles. The molecule has 84 valence electrons.